The number of nitrogens with zero attached hydrogens (tertiary/aromatic N) is 3. The van der Waals surface area contributed by atoms with E-state index in [9.17, 15) is 10.1 Å². The summed E-state index contributed by atoms with van der Waals surface area (Å²) in [6, 6.07) is 5.30. The van der Waals surface area contributed by atoms with Crippen LogP contribution in [0.3, 0.4) is 0 Å². The lowest BCUT2D eigenvalue weighted by molar-refractivity contribution is -0.118. The minimum Gasteiger partial charge on any atom is -0.372 e. The predicted octanol–water partition coefficient (Wildman–Crippen LogP) is 2.53. The van der Waals surface area contributed by atoms with Gasteiger partial charge in [0.2, 0.25) is 5.91 Å². The summed E-state index contributed by atoms with van der Waals surface area (Å²) in [7, 11) is 0. The van der Waals surface area contributed by atoms with Crippen molar-refractivity contribution in [2.45, 2.75) is 32.2 Å². The fourth-order valence-corrected chi connectivity index (χ4v) is 3.09. The van der Waals surface area contributed by atoms with Crippen LogP contribution in [-0.4, -0.2) is 21.3 Å². The largest absolute Gasteiger partial charge is 0.372 e. The Labute approximate surface area is 144 Å². The predicted molar refractivity (Wildman–Crippen MR) is 93.0 cm³/mol. The number of amides is 1. The first-order chi connectivity index (χ1) is 11.5. The molecule has 124 valence electrons. The quantitative estimate of drug-likeness (QED) is 0.712. The van der Waals surface area contributed by atoms with E-state index in [1.54, 1.807) is 12.3 Å². The van der Waals surface area contributed by atoms with Gasteiger partial charge < -0.3 is 16.4 Å². The van der Waals surface area contributed by atoms with Gasteiger partial charge in [-0.1, -0.05) is 12.8 Å². The molecule has 8 heteroatoms. The third kappa shape index (κ3) is 4.00. The van der Waals surface area contributed by atoms with Crippen molar-refractivity contribution >= 4 is 33.8 Å². The maximum Gasteiger partial charge on any atom is 0.239 e. The van der Waals surface area contributed by atoms with Crippen molar-refractivity contribution in [3.63, 3.8) is 0 Å². The number of nitrogens with one attached hydrogen (secondary N) is 2. The van der Waals surface area contributed by atoms with Gasteiger partial charge in [-0.2, -0.15) is 9.64 Å². The molecule has 0 unspecified atom stereocenters. The van der Waals surface area contributed by atoms with Gasteiger partial charge in [-0.05, 0) is 42.9 Å². The summed E-state index contributed by atoms with van der Waals surface area (Å²) >= 11 is 1.31. The average molecular weight is 342 g/mol. The van der Waals surface area contributed by atoms with Crippen LogP contribution in [0.2, 0.25) is 0 Å². The van der Waals surface area contributed by atoms with Crippen LogP contribution in [0.1, 0.15) is 30.7 Å². The van der Waals surface area contributed by atoms with Gasteiger partial charge in [-0.15, -0.1) is 0 Å². The third-order valence-electron chi connectivity index (χ3n) is 3.83. The molecule has 2 heterocycles. The highest BCUT2D eigenvalue weighted by molar-refractivity contribution is 7.10. The van der Waals surface area contributed by atoms with E-state index in [0.29, 0.717) is 17.3 Å². The number of aryl methyl sites for hydroxylation is 1. The topological polar surface area (TPSA) is 117 Å². The van der Waals surface area contributed by atoms with E-state index in [1.165, 1.54) is 11.5 Å². The number of nitrogens with two attached hydrogens (primary N) is 1. The number of carbonyl (C=O) groups is 1. The van der Waals surface area contributed by atoms with Crippen LogP contribution in [0.25, 0.3) is 0 Å². The fourth-order valence-electron chi connectivity index (χ4n) is 2.42. The van der Waals surface area contributed by atoms with Crippen molar-refractivity contribution in [1.82, 2.24) is 9.36 Å². The molecule has 1 aliphatic rings. The van der Waals surface area contributed by atoms with Gasteiger partial charge in [0, 0.05) is 0 Å². The standard InChI is InChI=1S/C16H18N6OS/c1-9-4-15(24-22-9)21-12-6-11(8-19-14(12)7-17)20-13(16(18)23)5-10-2-3-10/h4,6,8,10,13,20-21H,2-3,5H2,1H3,(H2,18,23)/t13-/m1/s1. The van der Waals surface area contributed by atoms with Gasteiger partial charge in [0.15, 0.2) is 5.69 Å². The second kappa shape index (κ2) is 6.84. The molecule has 0 aromatic carbocycles. The number of hydrogen-bond donors (Lipinski definition) is 3. The highest BCUT2D eigenvalue weighted by Crippen LogP contribution is 2.34. The van der Waals surface area contributed by atoms with Crippen LogP contribution >= 0.6 is 11.5 Å². The normalized spacial score (nSPS) is 14.7. The number of primary amides is 1. The van der Waals surface area contributed by atoms with E-state index >= 15 is 0 Å². The molecule has 1 saturated carbocycles. The van der Waals surface area contributed by atoms with Crippen molar-refractivity contribution in [1.29, 1.82) is 5.26 Å². The fraction of sp³-hybridized carbons (Fsp3) is 0.375. The van der Waals surface area contributed by atoms with Crippen LogP contribution in [0.5, 0.6) is 0 Å². The molecule has 1 aliphatic carbocycles. The number of hydrogen-bond acceptors (Lipinski definition) is 7. The Morgan fingerprint density at radius 3 is 2.92 bits per heavy atom. The first kappa shape index (κ1) is 16.2. The smallest absolute Gasteiger partial charge is 0.239 e. The number of nitriles is 1. The Morgan fingerprint density at radius 1 is 1.54 bits per heavy atom. The molecule has 2 aromatic heterocycles. The van der Waals surface area contributed by atoms with E-state index < -0.39 is 6.04 Å². The highest BCUT2D eigenvalue weighted by atomic mass is 32.1. The Bertz CT molecular complexity index is 792. The molecule has 1 atom stereocenters. The summed E-state index contributed by atoms with van der Waals surface area (Å²) in [5, 5.41) is 16.3. The SMILES string of the molecule is Cc1cc(Nc2cc(N[C@H](CC3CC3)C(N)=O)cnc2C#N)sn1. The number of anilines is 3. The zero-order valence-electron chi connectivity index (χ0n) is 13.2. The van der Waals surface area contributed by atoms with Crippen LogP contribution in [0, 0.1) is 24.2 Å². The van der Waals surface area contributed by atoms with E-state index in [2.05, 4.69) is 26.1 Å². The lowest BCUT2D eigenvalue weighted by Gasteiger charge is -2.17. The van der Waals surface area contributed by atoms with Gasteiger partial charge in [0.1, 0.15) is 17.1 Å². The zero-order valence-corrected chi connectivity index (χ0v) is 14.1. The lowest BCUT2D eigenvalue weighted by Crippen LogP contribution is -2.35. The molecule has 7 nitrogen and oxygen atoms in total. The number of rotatable bonds is 7. The van der Waals surface area contributed by atoms with Gasteiger partial charge >= 0.3 is 0 Å². The number of carbonyl (C=O) groups excluding carboxylic acids is 1. The van der Waals surface area contributed by atoms with Crippen molar-refractivity contribution in [3.8, 4) is 6.07 Å². The molecule has 0 saturated heterocycles. The van der Waals surface area contributed by atoms with Crippen LogP contribution in [0.15, 0.2) is 18.3 Å². The molecule has 2 aromatic rings. The van der Waals surface area contributed by atoms with Crippen molar-refractivity contribution < 1.29 is 4.79 Å². The molecule has 0 spiro atoms. The Morgan fingerprint density at radius 2 is 2.33 bits per heavy atom. The van der Waals surface area contributed by atoms with Gasteiger partial charge in [-0.25, -0.2) is 4.98 Å². The zero-order chi connectivity index (χ0) is 17.1. The maximum absolute atomic E-state index is 11.6. The van der Waals surface area contributed by atoms with Crippen molar-refractivity contribution in [3.05, 3.63) is 29.7 Å². The minimum atomic E-state index is -0.425. The molecule has 0 bridgehead atoms. The molecule has 0 aliphatic heterocycles. The van der Waals surface area contributed by atoms with Crippen LogP contribution in [-0.2, 0) is 4.79 Å². The number of aromatic nitrogens is 2. The van der Waals surface area contributed by atoms with Crippen LogP contribution < -0.4 is 16.4 Å². The van der Waals surface area contributed by atoms with Gasteiger partial charge in [0.25, 0.3) is 0 Å². The molecular formula is C16H18N6OS. The summed E-state index contributed by atoms with van der Waals surface area (Å²) in [4.78, 5) is 15.8. The monoisotopic (exact) mass is 342 g/mol. The first-order valence-corrected chi connectivity index (χ1v) is 8.49. The summed E-state index contributed by atoms with van der Waals surface area (Å²) < 4.78 is 4.20. The second-order valence-electron chi connectivity index (χ2n) is 5.97. The molecule has 1 fully saturated rings. The summed E-state index contributed by atoms with van der Waals surface area (Å²) in [6.45, 7) is 1.90. The Hall–Kier alpha value is -2.66. The molecule has 0 radical (unpaired) electrons. The van der Waals surface area contributed by atoms with E-state index in [-0.39, 0.29) is 11.6 Å². The van der Waals surface area contributed by atoms with Gasteiger partial charge in [-0.3, -0.25) is 4.79 Å². The summed E-state index contributed by atoms with van der Waals surface area (Å²) in [5.74, 6) is 0.193. The van der Waals surface area contributed by atoms with E-state index in [4.69, 9.17) is 5.73 Å². The molecular weight excluding hydrogens is 324 g/mol. The highest BCUT2D eigenvalue weighted by Gasteiger charge is 2.28. The summed E-state index contributed by atoms with van der Waals surface area (Å²) in [6.07, 6.45) is 4.57. The Kier molecular flexibility index (Phi) is 4.62. The molecule has 24 heavy (non-hydrogen) atoms. The summed E-state index contributed by atoms with van der Waals surface area (Å²) in [5.41, 5.74) is 7.90. The minimum absolute atomic E-state index is 0.282. The first-order valence-electron chi connectivity index (χ1n) is 7.71. The third-order valence-corrected chi connectivity index (χ3v) is 4.63. The van der Waals surface area contributed by atoms with Crippen molar-refractivity contribution in [2.24, 2.45) is 11.7 Å². The maximum atomic E-state index is 11.6. The number of pyridine rings is 1. The van der Waals surface area contributed by atoms with Crippen molar-refractivity contribution in [2.75, 3.05) is 10.6 Å². The molecule has 3 rings (SSSR count). The van der Waals surface area contributed by atoms with E-state index in [0.717, 1.165) is 30.0 Å². The molecule has 1 amide bonds. The second-order valence-corrected chi connectivity index (χ2v) is 6.77. The average Bonchev–Trinajstić information content (AvgIpc) is 3.28. The Balaban J connectivity index is 1.79. The van der Waals surface area contributed by atoms with Gasteiger partial charge in [0.05, 0.1) is 23.3 Å². The van der Waals surface area contributed by atoms with E-state index in [1.807, 2.05) is 13.0 Å². The molecule has 4 N–H and O–H groups in total. The lowest BCUT2D eigenvalue weighted by atomic mass is 10.1. The van der Waals surface area contributed by atoms with Crippen LogP contribution in [0.4, 0.5) is 16.4 Å².